The van der Waals surface area contributed by atoms with Crippen molar-refractivity contribution in [1.29, 1.82) is 0 Å². The van der Waals surface area contributed by atoms with Gasteiger partial charge in [0, 0.05) is 18.0 Å². The zero-order valence-corrected chi connectivity index (χ0v) is 10.1. The van der Waals surface area contributed by atoms with Gasteiger partial charge in [0.2, 0.25) is 0 Å². The van der Waals surface area contributed by atoms with E-state index in [2.05, 4.69) is 9.97 Å². The van der Waals surface area contributed by atoms with Crippen LogP contribution in [0.15, 0.2) is 29.9 Å². The molecule has 5 heteroatoms. The average Bonchev–Trinajstić information content (AvgIpc) is 2.96. The van der Waals surface area contributed by atoms with Crippen LogP contribution in [0.4, 0.5) is 0 Å². The summed E-state index contributed by atoms with van der Waals surface area (Å²) in [6.45, 7) is -0.00347. The maximum absolute atomic E-state index is 9.01. The summed E-state index contributed by atoms with van der Waals surface area (Å²) in [6.07, 6.45) is 1.80. The normalized spacial score (nSPS) is 11.2. The van der Waals surface area contributed by atoms with Crippen molar-refractivity contribution in [2.24, 2.45) is 7.05 Å². The molecule has 0 fully saturated rings. The summed E-state index contributed by atoms with van der Waals surface area (Å²) < 4.78 is 1.99. The Morgan fingerprint density at radius 3 is 3.06 bits per heavy atom. The van der Waals surface area contributed by atoms with Crippen molar-refractivity contribution in [3.63, 3.8) is 0 Å². The molecule has 17 heavy (non-hydrogen) atoms. The Balaban J connectivity index is 2.11. The summed E-state index contributed by atoms with van der Waals surface area (Å²) in [5, 5.41) is 11.7. The SMILES string of the molecule is Cn1cnc2cc(-c3csc(CO)n3)ccc21. The first-order valence-corrected chi connectivity index (χ1v) is 6.12. The van der Waals surface area contributed by atoms with Gasteiger partial charge in [-0.3, -0.25) is 0 Å². The van der Waals surface area contributed by atoms with Crippen molar-refractivity contribution in [1.82, 2.24) is 14.5 Å². The van der Waals surface area contributed by atoms with Gasteiger partial charge in [-0.1, -0.05) is 6.07 Å². The van der Waals surface area contributed by atoms with Gasteiger partial charge in [-0.15, -0.1) is 11.3 Å². The number of rotatable bonds is 2. The van der Waals surface area contributed by atoms with Gasteiger partial charge < -0.3 is 9.67 Å². The summed E-state index contributed by atoms with van der Waals surface area (Å²) in [5.74, 6) is 0. The van der Waals surface area contributed by atoms with E-state index in [0.29, 0.717) is 0 Å². The first kappa shape index (κ1) is 10.4. The fourth-order valence-electron chi connectivity index (χ4n) is 1.81. The van der Waals surface area contributed by atoms with Gasteiger partial charge in [0.1, 0.15) is 5.01 Å². The average molecular weight is 245 g/mol. The molecule has 4 nitrogen and oxygen atoms in total. The summed E-state index contributed by atoms with van der Waals surface area (Å²) in [6, 6.07) is 6.08. The molecule has 3 aromatic rings. The molecule has 0 saturated heterocycles. The highest BCUT2D eigenvalue weighted by Gasteiger charge is 2.06. The molecule has 0 saturated carbocycles. The first-order valence-electron chi connectivity index (χ1n) is 5.24. The number of nitrogens with zero attached hydrogens (tertiary/aromatic N) is 3. The van der Waals surface area contributed by atoms with Gasteiger partial charge >= 0.3 is 0 Å². The van der Waals surface area contributed by atoms with Crippen LogP contribution >= 0.6 is 11.3 Å². The highest BCUT2D eigenvalue weighted by molar-refractivity contribution is 7.09. The number of aliphatic hydroxyl groups is 1. The van der Waals surface area contributed by atoms with Gasteiger partial charge in [-0.2, -0.15) is 0 Å². The molecule has 0 atom stereocenters. The third kappa shape index (κ3) is 1.73. The zero-order chi connectivity index (χ0) is 11.8. The van der Waals surface area contributed by atoms with Gasteiger partial charge in [-0.05, 0) is 12.1 Å². The lowest BCUT2D eigenvalue weighted by molar-refractivity contribution is 0.281. The molecule has 0 unspecified atom stereocenters. The first-order chi connectivity index (χ1) is 8.28. The van der Waals surface area contributed by atoms with Crippen molar-refractivity contribution < 1.29 is 5.11 Å². The molecule has 86 valence electrons. The lowest BCUT2D eigenvalue weighted by Crippen LogP contribution is -1.85. The Morgan fingerprint density at radius 2 is 2.29 bits per heavy atom. The number of aromatic nitrogens is 3. The summed E-state index contributed by atoms with van der Waals surface area (Å²) in [7, 11) is 1.97. The lowest BCUT2D eigenvalue weighted by Gasteiger charge is -1.98. The van der Waals surface area contributed by atoms with E-state index in [1.165, 1.54) is 11.3 Å². The molecule has 0 aliphatic heterocycles. The molecule has 0 aliphatic rings. The van der Waals surface area contributed by atoms with E-state index in [1.807, 2.05) is 35.2 Å². The molecule has 0 spiro atoms. The second-order valence-corrected chi connectivity index (χ2v) is 4.79. The monoisotopic (exact) mass is 245 g/mol. The quantitative estimate of drug-likeness (QED) is 0.753. The van der Waals surface area contributed by atoms with E-state index >= 15 is 0 Å². The van der Waals surface area contributed by atoms with E-state index in [9.17, 15) is 0 Å². The number of benzene rings is 1. The maximum atomic E-state index is 9.01. The summed E-state index contributed by atoms with van der Waals surface area (Å²) in [4.78, 5) is 8.67. The largest absolute Gasteiger partial charge is 0.389 e. The minimum Gasteiger partial charge on any atom is -0.389 e. The van der Waals surface area contributed by atoms with E-state index in [1.54, 1.807) is 6.33 Å². The maximum Gasteiger partial charge on any atom is 0.119 e. The molecule has 2 heterocycles. The molecular formula is C12H11N3OS. The van der Waals surface area contributed by atoms with E-state index in [0.717, 1.165) is 27.3 Å². The Morgan fingerprint density at radius 1 is 1.41 bits per heavy atom. The molecule has 0 aliphatic carbocycles. The number of aryl methyl sites for hydroxylation is 1. The van der Waals surface area contributed by atoms with Crippen molar-refractivity contribution >= 4 is 22.4 Å². The predicted molar refractivity (Wildman–Crippen MR) is 67.7 cm³/mol. The van der Waals surface area contributed by atoms with E-state index in [-0.39, 0.29) is 6.61 Å². The van der Waals surface area contributed by atoms with Crippen LogP contribution in [0.1, 0.15) is 5.01 Å². The number of aliphatic hydroxyl groups excluding tert-OH is 1. The Bertz CT molecular complexity index is 671. The van der Waals surface area contributed by atoms with Crippen LogP contribution < -0.4 is 0 Å². The van der Waals surface area contributed by atoms with Crippen LogP contribution in [0.25, 0.3) is 22.3 Å². The molecule has 3 rings (SSSR count). The number of imidazole rings is 1. The van der Waals surface area contributed by atoms with Gasteiger partial charge in [0.25, 0.3) is 0 Å². The van der Waals surface area contributed by atoms with Crippen LogP contribution in [0.5, 0.6) is 0 Å². The minimum atomic E-state index is -0.00347. The summed E-state index contributed by atoms with van der Waals surface area (Å²) >= 11 is 1.47. The fourth-order valence-corrected chi connectivity index (χ4v) is 2.47. The third-order valence-corrected chi connectivity index (χ3v) is 3.54. The minimum absolute atomic E-state index is 0.00347. The molecule has 1 N–H and O–H groups in total. The topological polar surface area (TPSA) is 50.9 Å². The number of fused-ring (bicyclic) bond motifs is 1. The Kier molecular flexibility index (Phi) is 2.42. The smallest absolute Gasteiger partial charge is 0.119 e. The second-order valence-electron chi connectivity index (χ2n) is 3.84. The van der Waals surface area contributed by atoms with Crippen LogP contribution in [-0.2, 0) is 13.7 Å². The molecule has 1 aromatic carbocycles. The van der Waals surface area contributed by atoms with Crippen molar-refractivity contribution in [2.75, 3.05) is 0 Å². The van der Waals surface area contributed by atoms with Crippen LogP contribution in [0.3, 0.4) is 0 Å². The van der Waals surface area contributed by atoms with Crippen molar-refractivity contribution in [3.8, 4) is 11.3 Å². The third-order valence-electron chi connectivity index (χ3n) is 2.71. The van der Waals surface area contributed by atoms with Crippen molar-refractivity contribution in [2.45, 2.75) is 6.61 Å². The number of hydrogen-bond donors (Lipinski definition) is 1. The second kappa shape index (κ2) is 3.94. The number of hydrogen-bond acceptors (Lipinski definition) is 4. The highest BCUT2D eigenvalue weighted by Crippen LogP contribution is 2.25. The lowest BCUT2D eigenvalue weighted by atomic mass is 10.1. The molecule has 0 bridgehead atoms. The molecule has 0 radical (unpaired) electrons. The zero-order valence-electron chi connectivity index (χ0n) is 9.29. The molecular weight excluding hydrogens is 234 g/mol. The van der Waals surface area contributed by atoms with Crippen molar-refractivity contribution in [3.05, 3.63) is 34.9 Å². The molecule has 0 amide bonds. The van der Waals surface area contributed by atoms with Gasteiger partial charge in [-0.25, -0.2) is 9.97 Å². The van der Waals surface area contributed by atoms with Gasteiger partial charge in [0.05, 0.1) is 29.7 Å². The highest BCUT2D eigenvalue weighted by atomic mass is 32.1. The van der Waals surface area contributed by atoms with Crippen LogP contribution in [0, 0.1) is 0 Å². The van der Waals surface area contributed by atoms with Crippen LogP contribution in [-0.4, -0.2) is 19.6 Å². The van der Waals surface area contributed by atoms with Crippen LogP contribution in [0.2, 0.25) is 0 Å². The van der Waals surface area contributed by atoms with E-state index < -0.39 is 0 Å². The fraction of sp³-hybridized carbons (Fsp3) is 0.167. The Hall–Kier alpha value is -1.72. The summed E-state index contributed by atoms with van der Waals surface area (Å²) in [5.41, 5.74) is 3.99. The number of thiazole rings is 1. The van der Waals surface area contributed by atoms with E-state index in [4.69, 9.17) is 5.11 Å². The Labute approximate surface area is 102 Å². The molecule has 2 aromatic heterocycles. The standard InChI is InChI=1S/C12H11N3OS/c1-15-7-13-9-4-8(2-3-11(9)15)10-6-17-12(5-16)14-10/h2-4,6-7,16H,5H2,1H3. The predicted octanol–water partition coefficient (Wildman–Crippen LogP) is 2.19. The van der Waals surface area contributed by atoms with Gasteiger partial charge in [0.15, 0.2) is 0 Å².